The van der Waals surface area contributed by atoms with E-state index in [4.69, 9.17) is 9.15 Å². The van der Waals surface area contributed by atoms with Gasteiger partial charge in [0.25, 0.3) is 5.91 Å². The van der Waals surface area contributed by atoms with E-state index in [1.165, 1.54) is 6.42 Å². The lowest BCUT2D eigenvalue weighted by Crippen LogP contribution is -2.45. The van der Waals surface area contributed by atoms with Gasteiger partial charge < -0.3 is 14.5 Å². The van der Waals surface area contributed by atoms with Crippen LogP contribution in [0.4, 0.5) is 0 Å². The number of hydrogen-bond acceptors (Lipinski definition) is 4. The van der Waals surface area contributed by atoms with Crippen LogP contribution in [-0.2, 0) is 9.53 Å². The first-order valence-electron chi connectivity index (χ1n) is 10.3. The fraction of sp³-hybridized carbons (Fsp3) is 0.417. The molecule has 1 amide bonds. The monoisotopic (exact) mass is 393 g/mol. The SMILES string of the molecule is Cc1c(C(=O)OCC(=O)N[C@H]2CCC[C@@H](C)[C@@H]2C)oc2c1ccc1ccccc12. The molecule has 0 spiro atoms. The van der Waals surface area contributed by atoms with Crippen LogP contribution in [0.2, 0.25) is 0 Å². The highest BCUT2D eigenvalue weighted by atomic mass is 16.5. The minimum Gasteiger partial charge on any atom is -0.450 e. The summed E-state index contributed by atoms with van der Waals surface area (Å²) in [6.07, 6.45) is 3.28. The molecule has 1 aliphatic carbocycles. The zero-order valence-electron chi connectivity index (χ0n) is 17.2. The zero-order valence-corrected chi connectivity index (χ0v) is 17.2. The second-order valence-corrected chi connectivity index (χ2v) is 8.24. The van der Waals surface area contributed by atoms with E-state index in [0.717, 1.165) is 34.6 Å². The number of furan rings is 1. The van der Waals surface area contributed by atoms with E-state index in [1.54, 1.807) is 0 Å². The van der Waals surface area contributed by atoms with E-state index in [-0.39, 0.29) is 24.3 Å². The highest BCUT2D eigenvalue weighted by Gasteiger charge is 2.28. The third-order valence-electron chi connectivity index (χ3n) is 6.40. The summed E-state index contributed by atoms with van der Waals surface area (Å²) in [6.45, 7) is 5.93. The normalized spacial score (nSPS) is 22.0. The smallest absolute Gasteiger partial charge is 0.375 e. The van der Waals surface area contributed by atoms with Crippen LogP contribution in [-0.4, -0.2) is 24.5 Å². The summed E-state index contributed by atoms with van der Waals surface area (Å²) in [5.74, 6) is 0.300. The lowest BCUT2D eigenvalue weighted by molar-refractivity contribution is -0.125. The first-order chi connectivity index (χ1) is 14.0. The number of esters is 1. The largest absolute Gasteiger partial charge is 0.450 e. The molecule has 152 valence electrons. The Balaban J connectivity index is 1.46. The predicted molar refractivity (Wildman–Crippen MR) is 113 cm³/mol. The third kappa shape index (κ3) is 3.74. The van der Waals surface area contributed by atoms with Crippen molar-refractivity contribution in [3.63, 3.8) is 0 Å². The molecule has 0 radical (unpaired) electrons. The highest BCUT2D eigenvalue weighted by Crippen LogP contribution is 2.32. The zero-order chi connectivity index (χ0) is 20.5. The quantitative estimate of drug-likeness (QED) is 0.634. The maximum absolute atomic E-state index is 12.6. The number of hydrogen-bond donors (Lipinski definition) is 1. The maximum Gasteiger partial charge on any atom is 0.375 e. The molecular formula is C24H27NO4. The first-order valence-corrected chi connectivity index (χ1v) is 10.3. The van der Waals surface area contributed by atoms with Crippen molar-refractivity contribution in [2.45, 2.75) is 46.1 Å². The van der Waals surface area contributed by atoms with E-state index in [2.05, 4.69) is 19.2 Å². The molecule has 0 saturated heterocycles. The number of rotatable bonds is 4. The van der Waals surface area contributed by atoms with Gasteiger partial charge in [-0.1, -0.05) is 63.1 Å². The molecule has 3 aromatic rings. The summed E-state index contributed by atoms with van der Waals surface area (Å²) in [5.41, 5.74) is 1.40. The molecule has 3 atom stereocenters. The Morgan fingerprint density at radius 1 is 1.10 bits per heavy atom. The average Bonchev–Trinajstić information content (AvgIpc) is 3.07. The fourth-order valence-corrected chi connectivity index (χ4v) is 4.37. The van der Waals surface area contributed by atoms with Crippen molar-refractivity contribution >= 4 is 33.6 Å². The van der Waals surface area contributed by atoms with Crippen molar-refractivity contribution < 1.29 is 18.7 Å². The van der Waals surface area contributed by atoms with Gasteiger partial charge in [-0.05, 0) is 30.6 Å². The Hall–Kier alpha value is -2.82. The average molecular weight is 393 g/mol. The van der Waals surface area contributed by atoms with Crippen LogP contribution in [0.25, 0.3) is 21.7 Å². The lowest BCUT2D eigenvalue weighted by Gasteiger charge is -2.34. The first kappa shape index (κ1) is 19.5. The summed E-state index contributed by atoms with van der Waals surface area (Å²) in [6, 6.07) is 12.0. The Kier molecular flexibility index (Phi) is 5.31. The summed E-state index contributed by atoms with van der Waals surface area (Å²) in [4.78, 5) is 24.9. The van der Waals surface area contributed by atoms with Crippen molar-refractivity contribution in [3.05, 3.63) is 47.7 Å². The Morgan fingerprint density at radius 2 is 1.90 bits per heavy atom. The van der Waals surface area contributed by atoms with E-state index >= 15 is 0 Å². The lowest BCUT2D eigenvalue weighted by atomic mass is 9.78. The third-order valence-corrected chi connectivity index (χ3v) is 6.40. The molecule has 1 heterocycles. The molecule has 0 unspecified atom stereocenters. The van der Waals surface area contributed by atoms with E-state index in [1.807, 2.05) is 43.3 Å². The molecule has 1 fully saturated rings. The van der Waals surface area contributed by atoms with Gasteiger partial charge in [-0.3, -0.25) is 4.79 Å². The number of aryl methyl sites for hydroxylation is 1. The van der Waals surface area contributed by atoms with Gasteiger partial charge in [-0.25, -0.2) is 4.79 Å². The van der Waals surface area contributed by atoms with Gasteiger partial charge >= 0.3 is 5.97 Å². The predicted octanol–water partition coefficient (Wildman–Crippen LogP) is 4.99. The van der Waals surface area contributed by atoms with Gasteiger partial charge in [0.2, 0.25) is 5.76 Å². The molecule has 29 heavy (non-hydrogen) atoms. The second kappa shape index (κ2) is 7.90. The topological polar surface area (TPSA) is 68.5 Å². The van der Waals surface area contributed by atoms with Crippen LogP contribution in [0, 0.1) is 18.8 Å². The van der Waals surface area contributed by atoms with Crippen molar-refractivity contribution in [2.75, 3.05) is 6.61 Å². The maximum atomic E-state index is 12.6. The second-order valence-electron chi connectivity index (χ2n) is 8.24. The molecule has 2 aromatic carbocycles. The Bertz CT molecular complexity index is 1070. The van der Waals surface area contributed by atoms with Crippen LogP contribution < -0.4 is 5.32 Å². The summed E-state index contributed by atoms with van der Waals surface area (Å²) in [5, 5.41) is 5.90. The molecular weight excluding hydrogens is 366 g/mol. The van der Waals surface area contributed by atoms with Crippen LogP contribution in [0.1, 0.15) is 49.2 Å². The van der Waals surface area contributed by atoms with E-state index in [9.17, 15) is 9.59 Å². The number of carbonyl (C=O) groups excluding carboxylic acids is 2. The van der Waals surface area contributed by atoms with Gasteiger partial charge in [0.1, 0.15) is 5.58 Å². The molecule has 5 nitrogen and oxygen atoms in total. The van der Waals surface area contributed by atoms with Gasteiger partial charge in [-0.2, -0.15) is 0 Å². The number of amides is 1. The van der Waals surface area contributed by atoms with Gasteiger partial charge in [-0.15, -0.1) is 0 Å². The fourth-order valence-electron chi connectivity index (χ4n) is 4.37. The molecule has 1 N–H and O–H groups in total. The van der Waals surface area contributed by atoms with Gasteiger partial charge in [0.15, 0.2) is 6.61 Å². The Morgan fingerprint density at radius 3 is 2.72 bits per heavy atom. The van der Waals surface area contributed by atoms with Crippen molar-refractivity contribution in [2.24, 2.45) is 11.8 Å². The number of nitrogens with one attached hydrogen (secondary N) is 1. The minimum absolute atomic E-state index is 0.143. The van der Waals surface area contributed by atoms with Crippen LogP contribution in [0.3, 0.4) is 0 Å². The molecule has 5 heteroatoms. The summed E-state index contributed by atoms with van der Waals surface area (Å²) >= 11 is 0. The van der Waals surface area contributed by atoms with Gasteiger partial charge in [0, 0.05) is 22.4 Å². The van der Waals surface area contributed by atoms with Crippen molar-refractivity contribution in [3.8, 4) is 0 Å². The highest BCUT2D eigenvalue weighted by molar-refractivity contribution is 6.08. The molecule has 1 aromatic heterocycles. The molecule has 1 aliphatic rings. The number of benzene rings is 2. The molecule has 1 saturated carbocycles. The number of ether oxygens (including phenoxy) is 1. The minimum atomic E-state index is -0.608. The summed E-state index contributed by atoms with van der Waals surface area (Å²) in [7, 11) is 0. The molecule has 0 bridgehead atoms. The molecule has 4 rings (SSSR count). The number of carbonyl (C=O) groups is 2. The van der Waals surface area contributed by atoms with Crippen LogP contribution >= 0.6 is 0 Å². The van der Waals surface area contributed by atoms with Crippen molar-refractivity contribution in [1.29, 1.82) is 0 Å². The van der Waals surface area contributed by atoms with E-state index in [0.29, 0.717) is 17.4 Å². The Labute approximate surface area is 170 Å². The van der Waals surface area contributed by atoms with Crippen LogP contribution in [0.5, 0.6) is 0 Å². The van der Waals surface area contributed by atoms with Crippen LogP contribution in [0.15, 0.2) is 40.8 Å². The van der Waals surface area contributed by atoms with Gasteiger partial charge in [0.05, 0.1) is 0 Å². The molecule has 0 aliphatic heterocycles. The standard InChI is InChI=1S/C24H27NO4/c1-14-7-6-10-20(15(14)2)25-21(26)13-28-24(27)22-16(3)18-12-11-17-8-4-5-9-19(17)23(18)29-22/h4-5,8-9,11-12,14-15,20H,6-7,10,13H2,1-3H3,(H,25,26)/t14-,15+,20+/m1/s1. The summed E-state index contributed by atoms with van der Waals surface area (Å²) < 4.78 is 11.2. The van der Waals surface area contributed by atoms with E-state index < -0.39 is 5.97 Å². The number of fused-ring (bicyclic) bond motifs is 3. The van der Waals surface area contributed by atoms with Crippen molar-refractivity contribution in [1.82, 2.24) is 5.32 Å².